The van der Waals surface area contributed by atoms with Crippen LogP contribution in [0.2, 0.25) is 19.6 Å². The normalized spacial score (nSPS) is 13.9. The Hall–Kier alpha value is -0.953. The largest absolute Gasteiger partial charge is 0.410 e. The van der Waals surface area contributed by atoms with E-state index in [1.54, 1.807) is 33.5 Å². The third-order valence-electron chi connectivity index (χ3n) is 2.61. The fourth-order valence-electron chi connectivity index (χ4n) is 1.78. The van der Waals surface area contributed by atoms with Crippen molar-refractivity contribution in [2.24, 2.45) is 5.92 Å². The van der Waals surface area contributed by atoms with E-state index in [0.29, 0.717) is 0 Å². The molecule has 1 aromatic rings. The number of hydrogen-bond acceptors (Lipinski definition) is 1. The molecule has 1 atom stereocenters. The van der Waals surface area contributed by atoms with Gasteiger partial charge in [0.05, 0.1) is 11.7 Å². The van der Waals surface area contributed by atoms with Crippen molar-refractivity contribution in [2.75, 3.05) is 0 Å². The zero-order chi connectivity index (χ0) is 15.8. The van der Waals surface area contributed by atoms with E-state index in [4.69, 9.17) is 4.43 Å². The van der Waals surface area contributed by atoms with Crippen LogP contribution in [0.4, 0.5) is 22.0 Å². The molecule has 0 heterocycles. The molecule has 0 aliphatic heterocycles. The molecule has 1 unspecified atom stereocenters. The van der Waals surface area contributed by atoms with E-state index in [1.165, 1.54) is 0 Å². The van der Waals surface area contributed by atoms with Gasteiger partial charge in [-0.05, 0) is 25.6 Å². The molecule has 7 heteroatoms. The smallest absolute Gasteiger partial charge is 0.200 e. The average molecular weight is 312 g/mol. The fraction of sp³-hybridized carbons (Fsp3) is 0.538. The summed E-state index contributed by atoms with van der Waals surface area (Å²) in [7, 11) is -2.23. The first-order valence-corrected chi connectivity index (χ1v) is 9.57. The van der Waals surface area contributed by atoms with Crippen LogP contribution in [-0.2, 0) is 4.43 Å². The van der Waals surface area contributed by atoms with Gasteiger partial charge < -0.3 is 4.43 Å². The van der Waals surface area contributed by atoms with Gasteiger partial charge in [0.1, 0.15) is 0 Å². The van der Waals surface area contributed by atoms with E-state index in [9.17, 15) is 22.0 Å². The van der Waals surface area contributed by atoms with Gasteiger partial charge in [0.15, 0.2) is 31.6 Å². The highest BCUT2D eigenvalue weighted by atomic mass is 28.4. The van der Waals surface area contributed by atoms with Crippen LogP contribution in [0, 0.1) is 35.0 Å². The Balaban J connectivity index is 3.49. The Labute approximate surface area is 115 Å². The third kappa shape index (κ3) is 3.38. The SMILES string of the molecule is CC(C)C(O[Si](C)(C)C)c1c(F)c(F)c(F)c(F)c1F. The predicted octanol–water partition coefficient (Wildman–Crippen LogP) is 4.93. The maximum atomic E-state index is 13.8. The number of rotatable bonds is 4. The lowest BCUT2D eigenvalue weighted by Gasteiger charge is -2.30. The van der Waals surface area contributed by atoms with E-state index in [1.807, 2.05) is 0 Å². The van der Waals surface area contributed by atoms with Gasteiger partial charge in [-0.15, -0.1) is 0 Å². The second-order valence-corrected chi connectivity index (χ2v) is 10.3. The monoisotopic (exact) mass is 312 g/mol. The summed E-state index contributed by atoms with van der Waals surface area (Å²) in [5.41, 5.74) is -0.890. The minimum Gasteiger partial charge on any atom is -0.410 e. The zero-order valence-corrected chi connectivity index (χ0v) is 13.0. The molecule has 1 aromatic carbocycles. The molecule has 1 rings (SSSR count). The van der Waals surface area contributed by atoms with Gasteiger partial charge in [-0.3, -0.25) is 0 Å². The molecule has 0 saturated heterocycles. The molecular formula is C13H17F5OSi. The maximum Gasteiger partial charge on any atom is 0.200 e. The second kappa shape index (κ2) is 5.81. The Bertz CT molecular complexity index is 481. The van der Waals surface area contributed by atoms with Gasteiger partial charge in [0.25, 0.3) is 0 Å². The Morgan fingerprint density at radius 3 is 1.40 bits per heavy atom. The van der Waals surface area contributed by atoms with Crippen LogP contribution < -0.4 is 0 Å². The standard InChI is InChI=1S/C13H17F5OSi/c1-6(2)13(19-20(3,4)5)7-8(14)10(16)12(18)11(17)9(7)15/h6,13H,1-5H3. The topological polar surface area (TPSA) is 9.23 Å². The molecule has 0 fully saturated rings. The molecule has 0 N–H and O–H groups in total. The summed E-state index contributed by atoms with van der Waals surface area (Å²) in [5.74, 6) is -10.1. The summed E-state index contributed by atoms with van der Waals surface area (Å²) in [6, 6.07) is 0. The first kappa shape index (κ1) is 17.1. The van der Waals surface area contributed by atoms with Gasteiger partial charge in [0.2, 0.25) is 5.82 Å². The third-order valence-corrected chi connectivity index (χ3v) is 3.58. The zero-order valence-electron chi connectivity index (χ0n) is 12.0. The molecule has 0 spiro atoms. The van der Waals surface area contributed by atoms with Crippen LogP contribution in [0.25, 0.3) is 0 Å². The summed E-state index contributed by atoms with van der Waals surface area (Å²) >= 11 is 0. The minimum absolute atomic E-state index is 0.435. The van der Waals surface area contributed by atoms with E-state index >= 15 is 0 Å². The van der Waals surface area contributed by atoms with Crippen molar-refractivity contribution >= 4 is 8.32 Å². The molecule has 0 radical (unpaired) electrons. The summed E-state index contributed by atoms with van der Waals surface area (Å²) < 4.78 is 72.8. The minimum atomic E-state index is -2.23. The van der Waals surface area contributed by atoms with E-state index in [0.717, 1.165) is 0 Å². The predicted molar refractivity (Wildman–Crippen MR) is 68.2 cm³/mol. The lowest BCUT2D eigenvalue weighted by atomic mass is 9.97. The molecule has 0 saturated carbocycles. The van der Waals surface area contributed by atoms with E-state index < -0.39 is 55.0 Å². The molecule has 0 aliphatic carbocycles. The lowest BCUT2D eigenvalue weighted by molar-refractivity contribution is 0.133. The van der Waals surface area contributed by atoms with E-state index in [-0.39, 0.29) is 0 Å². The molecule has 1 nitrogen and oxygen atoms in total. The maximum absolute atomic E-state index is 13.8. The highest BCUT2D eigenvalue weighted by Crippen LogP contribution is 2.35. The number of hydrogen-bond donors (Lipinski definition) is 0. The molecule has 0 amide bonds. The quantitative estimate of drug-likeness (QED) is 0.331. The van der Waals surface area contributed by atoms with Crippen molar-refractivity contribution in [3.63, 3.8) is 0 Å². The highest BCUT2D eigenvalue weighted by molar-refractivity contribution is 6.69. The molecule has 0 aromatic heterocycles. The van der Waals surface area contributed by atoms with Crippen LogP contribution in [0.5, 0.6) is 0 Å². The average Bonchev–Trinajstić information content (AvgIpc) is 2.31. The summed E-state index contributed by atoms with van der Waals surface area (Å²) in [6.07, 6.45) is -1.17. The summed E-state index contributed by atoms with van der Waals surface area (Å²) in [4.78, 5) is 0. The molecule has 0 bridgehead atoms. The first-order chi connectivity index (χ1) is 8.97. The van der Waals surface area contributed by atoms with Crippen LogP contribution in [0.1, 0.15) is 25.5 Å². The number of halogens is 5. The van der Waals surface area contributed by atoms with E-state index in [2.05, 4.69) is 0 Å². The van der Waals surface area contributed by atoms with Crippen molar-refractivity contribution in [2.45, 2.75) is 39.6 Å². The van der Waals surface area contributed by atoms with Gasteiger partial charge in [0, 0.05) is 0 Å². The number of benzene rings is 1. The lowest BCUT2D eigenvalue weighted by Crippen LogP contribution is -2.31. The molecule has 114 valence electrons. The van der Waals surface area contributed by atoms with Crippen LogP contribution in [0.15, 0.2) is 0 Å². The summed E-state index contributed by atoms with van der Waals surface area (Å²) in [5, 5.41) is 0. The van der Waals surface area contributed by atoms with Crippen LogP contribution in [0.3, 0.4) is 0 Å². The molecule has 20 heavy (non-hydrogen) atoms. The van der Waals surface area contributed by atoms with Gasteiger partial charge in [-0.1, -0.05) is 13.8 Å². The first-order valence-electron chi connectivity index (χ1n) is 6.16. The highest BCUT2D eigenvalue weighted by Gasteiger charge is 2.34. The van der Waals surface area contributed by atoms with Crippen molar-refractivity contribution in [1.29, 1.82) is 0 Å². The molecule has 0 aliphatic rings. The van der Waals surface area contributed by atoms with Crippen molar-refractivity contribution < 1.29 is 26.4 Å². The Morgan fingerprint density at radius 1 is 0.750 bits per heavy atom. The van der Waals surface area contributed by atoms with Gasteiger partial charge >= 0.3 is 0 Å². The summed E-state index contributed by atoms with van der Waals surface area (Å²) in [6.45, 7) is 8.52. The van der Waals surface area contributed by atoms with Crippen molar-refractivity contribution in [3.8, 4) is 0 Å². The van der Waals surface area contributed by atoms with Crippen molar-refractivity contribution in [1.82, 2.24) is 0 Å². The second-order valence-electron chi connectivity index (χ2n) is 5.88. The van der Waals surface area contributed by atoms with Gasteiger partial charge in [-0.2, -0.15) is 0 Å². The fourth-order valence-corrected chi connectivity index (χ4v) is 2.93. The van der Waals surface area contributed by atoms with Crippen LogP contribution >= 0.6 is 0 Å². The molecular weight excluding hydrogens is 295 g/mol. The van der Waals surface area contributed by atoms with Crippen LogP contribution in [-0.4, -0.2) is 8.32 Å². The Morgan fingerprint density at radius 2 is 1.10 bits per heavy atom. The van der Waals surface area contributed by atoms with Gasteiger partial charge in [-0.25, -0.2) is 22.0 Å². The Kier molecular flexibility index (Phi) is 4.97. The van der Waals surface area contributed by atoms with Crippen molar-refractivity contribution in [3.05, 3.63) is 34.6 Å².